The SMILES string of the molecule is CC(C)Cc1nc2ccccc2n1CC(=O)Nc1cccc(C#N)c1. The van der Waals surface area contributed by atoms with Crippen molar-refractivity contribution >= 4 is 22.6 Å². The predicted octanol–water partition coefficient (Wildman–Crippen LogP) is 3.75. The zero-order valence-electron chi connectivity index (χ0n) is 14.4. The fraction of sp³-hybridized carbons (Fsp3) is 0.250. The molecule has 0 saturated heterocycles. The highest BCUT2D eigenvalue weighted by Gasteiger charge is 2.14. The number of imidazole rings is 1. The van der Waals surface area contributed by atoms with Gasteiger partial charge in [0, 0.05) is 12.1 Å². The third-order valence-corrected chi connectivity index (χ3v) is 3.90. The lowest BCUT2D eigenvalue weighted by Gasteiger charge is -2.11. The molecule has 0 unspecified atom stereocenters. The second-order valence-corrected chi connectivity index (χ2v) is 6.44. The predicted molar refractivity (Wildman–Crippen MR) is 98.1 cm³/mol. The van der Waals surface area contributed by atoms with Crippen LogP contribution in [0.5, 0.6) is 0 Å². The van der Waals surface area contributed by atoms with Gasteiger partial charge in [0.05, 0.1) is 22.7 Å². The largest absolute Gasteiger partial charge is 0.324 e. The number of carbonyl (C=O) groups is 1. The number of nitriles is 1. The molecule has 3 rings (SSSR count). The summed E-state index contributed by atoms with van der Waals surface area (Å²) >= 11 is 0. The molecule has 3 aromatic rings. The van der Waals surface area contributed by atoms with Crippen LogP contribution in [0.2, 0.25) is 0 Å². The second-order valence-electron chi connectivity index (χ2n) is 6.44. The smallest absolute Gasteiger partial charge is 0.244 e. The molecule has 1 heterocycles. The molecule has 1 aromatic heterocycles. The Morgan fingerprint density at radius 3 is 2.80 bits per heavy atom. The molecular weight excluding hydrogens is 312 g/mol. The topological polar surface area (TPSA) is 70.7 Å². The summed E-state index contributed by atoms with van der Waals surface area (Å²) in [5, 5.41) is 11.8. The lowest BCUT2D eigenvalue weighted by Crippen LogP contribution is -2.20. The molecule has 126 valence electrons. The fourth-order valence-electron chi connectivity index (χ4n) is 2.83. The van der Waals surface area contributed by atoms with Crippen molar-refractivity contribution < 1.29 is 4.79 Å². The Kier molecular flexibility index (Phi) is 4.80. The van der Waals surface area contributed by atoms with E-state index >= 15 is 0 Å². The van der Waals surface area contributed by atoms with Crippen molar-refractivity contribution in [1.82, 2.24) is 9.55 Å². The van der Waals surface area contributed by atoms with Crippen molar-refractivity contribution in [1.29, 1.82) is 5.26 Å². The number of fused-ring (bicyclic) bond motifs is 1. The van der Waals surface area contributed by atoms with Gasteiger partial charge in [0.15, 0.2) is 0 Å². The van der Waals surface area contributed by atoms with Crippen molar-refractivity contribution in [2.75, 3.05) is 5.32 Å². The summed E-state index contributed by atoms with van der Waals surface area (Å²) in [4.78, 5) is 17.2. The lowest BCUT2D eigenvalue weighted by molar-refractivity contribution is -0.116. The van der Waals surface area contributed by atoms with E-state index in [0.29, 0.717) is 17.2 Å². The van der Waals surface area contributed by atoms with E-state index in [0.717, 1.165) is 23.3 Å². The maximum atomic E-state index is 12.5. The molecule has 1 N–H and O–H groups in total. The number of rotatable bonds is 5. The standard InChI is InChI=1S/C20H20N4O/c1-14(2)10-19-23-17-8-3-4-9-18(17)24(19)13-20(25)22-16-7-5-6-15(11-16)12-21/h3-9,11,14H,10,13H2,1-2H3,(H,22,25). The van der Waals surface area contributed by atoms with Crippen LogP contribution in [0.1, 0.15) is 25.2 Å². The summed E-state index contributed by atoms with van der Waals surface area (Å²) in [5.41, 5.74) is 3.00. The number of benzene rings is 2. The van der Waals surface area contributed by atoms with E-state index in [-0.39, 0.29) is 12.5 Å². The van der Waals surface area contributed by atoms with E-state index in [9.17, 15) is 4.79 Å². The van der Waals surface area contributed by atoms with Crippen LogP contribution in [0, 0.1) is 17.2 Å². The van der Waals surface area contributed by atoms with Gasteiger partial charge in [-0.3, -0.25) is 4.79 Å². The van der Waals surface area contributed by atoms with Crippen LogP contribution in [-0.2, 0) is 17.8 Å². The van der Waals surface area contributed by atoms with Crippen LogP contribution >= 0.6 is 0 Å². The van der Waals surface area contributed by atoms with Crippen LogP contribution in [-0.4, -0.2) is 15.5 Å². The summed E-state index contributed by atoms with van der Waals surface area (Å²) in [5.74, 6) is 1.23. The van der Waals surface area contributed by atoms with Gasteiger partial charge in [0.25, 0.3) is 0 Å². The number of aromatic nitrogens is 2. The van der Waals surface area contributed by atoms with Gasteiger partial charge in [-0.25, -0.2) is 4.98 Å². The van der Waals surface area contributed by atoms with Crippen LogP contribution in [0.15, 0.2) is 48.5 Å². The van der Waals surface area contributed by atoms with Gasteiger partial charge in [-0.1, -0.05) is 32.0 Å². The van der Waals surface area contributed by atoms with E-state index in [1.807, 2.05) is 28.8 Å². The van der Waals surface area contributed by atoms with E-state index in [1.165, 1.54) is 0 Å². The molecule has 0 aliphatic rings. The number of nitrogens with one attached hydrogen (secondary N) is 1. The Morgan fingerprint density at radius 2 is 2.04 bits per heavy atom. The van der Waals surface area contributed by atoms with Crippen LogP contribution < -0.4 is 5.32 Å². The molecule has 5 heteroatoms. The number of hydrogen-bond acceptors (Lipinski definition) is 3. The van der Waals surface area contributed by atoms with Gasteiger partial charge in [0.1, 0.15) is 12.4 Å². The van der Waals surface area contributed by atoms with Crippen LogP contribution in [0.4, 0.5) is 5.69 Å². The number of carbonyl (C=O) groups excluding carboxylic acids is 1. The maximum Gasteiger partial charge on any atom is 0.244 e. The molecule has 0 saturated carbocycles. The zero-order chi connectivity index (χ0) is 17.8. The highest BCUT2D eigenvalue weighted by molar-refractivity contribution is 5.92. The van der Waals surface area contributed by atoms with Gasteiger partial charge in [-0.05, 0) is 36.2 Å². The number of nitrogens with zero attached hydrogens (tertiary/aromatic N) is 3. The zero-order valence-corrected chi connectivity index (χ0v) is 14.4. The quantitative estimate of drug-likeness (QED) is 0.773. The average Bonchev–Trinajstić information content (AvgIpc) is 2.91. The van der Waals surface area contributed by atoms with Crippen molar-refractivity contribution in [2.24, 2.45) is 5.92 Å². The molecule has 0 radical (unpaired) electrons. The number of hydrogen-bond donors (Lipinski definition) is 1. The molecule has 5 nitrogen and oxygen atoms in total. The number of amides is 1. The Morgan fingerprint density at radius 1 is 1.24 bits per heavy atom. The van der Waals surface area contributed by atoms with Crippen molar-refractivity contribution in [3.05, 3.63) is 59.9 Å². The van der Waals surface area contributed by atoms with Crippen LogP contribution in [0.3, 0.4) is 0 Å². The summed E-state index contributed by atoms with van der Waals surface area (Å²) in [6.45, 7) is 4.47. The molecule has 0 atom stereocenters. The third kappa shape index (κ3) is 3.86. The Balaban J connectivity index is 1.86. The molecular formula is C20H20N4O. The van der Waals surface area contributed by atoms with Gasteiger partial charge < -0.3 is 9.88 Å². The molecule has 0 bridgehead atoms. The highest BCUT2D eigenvalue weighted by Crippen LogP contribution is 2.19. The summed E-state index contributed by atoms with van der Waals surface area (Å²) in [6, 6.07) is 16.8. The normalized spacial score (nSPS) is 10.8. The van der Waals surface area contributed by atoms with Gasteiger partial charge in [-0.2, -0.15) is 5.26 Å². The van der Waals surface area contributed by atoms with Gasteiger partial charge >= 0.3 is 0 Å². The monoisotopic (exact) mass is 332 g/mol. The maximum absolute atomic E-state index is 12.5. The van der Waals surface area contributed by atoms with Gasteiger partial charge in [0.2, 0.25) is 5.91 Å². The molecule has 0 fully saturated rings. The first-order chi connectivity index (χ1) is 12.1. The first-order valence-corrected chi connectivity index (χ1v) is 8.31. The van der Waals surface area contributed by atoms with Gasteiger partial charge in [-0.15, -0.1) is 0 Å². The first kappa shape index (κ1) is 16.7. The number of anilines is 1. The highest BCUT2D eigenvalue weighted by atomic mass is 16.1. The minimum atomic E-state index is -0.136. The number of para-hydroxylation sites is 2. The van der Waals surface area contributed by atoms with E-state index in [2.05, 4.69) is 30.2 Å². The molecule has 2 aromatic carbocycles. The lowest BCUT2D eigenvalue weighted by atomic mass is 10.1. The molecule has 25 heavy (non-hydrogen) atoms. The third-order valence-electron chi connectivity index (χ3n) is 3.90. The Labute approximate surface area is 146 Å². The van der Waals surface area contributed by atoms with Crippen molar-refractivity contribution in [3.63, 3.8) is 0 Å². The summed E-state index contributed by atoms with van der Waals surface area (Å²) in [6.07, 6.45) is 0.811. The molecule has 1 amide bonds. The van der Waals surface area contributed by atoms with Crippen LogP contribution in [0.25, 0.3) is 11.0 Å². The minimum absolute atomic E-state index is 0.136. The molecule has 0 aliphatic heterocycles. The summed E-state index contributed by atoms with van der Waals surface area (Å²) in [7, 11) is 0. The summed E-state index contributed by atoms with van der Waals surface area (Å²) < 4.78 is 1.97. The Bertz CT molecular complexity index is 950. The van der Waals surface area contributed by atoms with Crippen molar-refractivity contribution in [2.45, 2.75) is 26.8 Å². The minimum Gasteiger partial charge on any atom is -0.324 e. The Hall–Kier alpha value is -3.13. The van der Waals surface area contributed by atoms with E-state index in [4.69, 9.17) is 5.26 Å². The average molecular weight is 332 g/mol. The fourth-order valence-corrected chi connectivity index (χ4v) is 2.83. The first-order valence-electron chi connectivity index (χ1n) is 8.31. The van der Waals surface area contributed by atoms with E-state index in [1.54, 1.807) is 24.3 Å². The van der Waals surface area contributed by atoms with Crippen molar-refractivity contribution in [3.8, 4) is 6.07 Å². The second kappa shape index (κ2) is 7.18. The van der Waals surface area contributed by atoms with E-state index < -0.39 is 0 Å². The molecule has 0 spiro atoms. The molecule has 0 aliphatic carbocycles.